The smallest absolute Gasteiger partial charge is 0.340 e. The summed E-state index contributed by atoms with van der Waals surface area (Å²) in [4.78, 5) is 2.67. The topological polar surface area (TPSA) is 78.2 Å². The minimum absolute atomic E-state index is 0.164. The van der Waals surface area contributed by atoms with Crippen LogP contribution in [0.5, 0.6) is 11.5 Å². The van der Waals surface area contributed by atoms with Crippen molar-refractivity contribution in [2.24, 2.45) is 5.11 Å². The second-order valence-corrected chi connectivity index (χ2v) is 3.33. The van der Waals surface area contributed by atoms with Gasteiger partial charge in [-0.3, -0.25) is 0 Å². The van der Waals surface area contributed by atoms with E-state index in [1.807, 2.05) is 6.07 Å². The summed E-state index contributed by atoms with van der Waals surface area (Å²) < 4.78 is 5.39. The Morgan fingerprint density at radius 2 is 2.19 bits per heavy atom. The minimum atomic E-state index is 0.164. The largest absolute Gasteiger partial charge is 0.562 e. The van der Waals surface area contributed by atoms with Crippen LogP contribution in [-0.2, 0) is 0 Å². The molecule has 0 aliphatic heterocycles. The minimum Gasteiger partial charge on any atom is -0.562 e. The molecule has 0 saturated heterocycles. The first-order chi connectivity index (χ1) is 7.84. The Kier molecular flexibility index (Phi) is 5.74. The van der Waals surface area contributed by atoms with Crippen molar-refractivity contribution in [1.29, 1.82) is 0 Å². The second kappa shape index (κ2) is 7.48. The van der Waals surface area contributed by atoms with Gasteiger partial charge in [0, 0.05) is 11.5 Å². The zero-order valence-corrected chi connectivity index (χ0v) is 9.04. The molecule has 0 aromatic heterocycles. The molecule has 0 heterocycles. The fraction of sp³-hybridized carbons (Fsp3) is 0.400. The van der Waals surface area contributed by atoms with Gasteiger partial charge < -0.3 is 9.76 Å². The molecule has 1 N–H and O–H groups in total. The van der Waals surface area contributed by atoms with Crippen LogP contribution >= 0.6 is 0 Å². The molecular weight excluding hydrogens is 205 g/mol. The first-order valence-corrected chi connectivity index (χ1v) is 5.26. The van der Waals surface area contributed by atoms with Crippen molar-refractivity contribution in [3.8, 4) is 11.5 Å². The van der Waals surface area contributed by atoms with Crippen molar-refractivity contribution in [2.45, 2.75) is 19.2 Å². The van der Waals surface area contributed by atoms with Crippen molar-refractivity contribution < 1.29 is 9.76 Å². The van der Waals surface area contributed by atoms with E-state index in [1.165, 1.54) is 0 Å². The molecule has 84 valence electrons. The van der Waals surface area contributed by atoms with Crippen molar-refractivity contribution in [3.05, 3.63) is 34.7 Å². The molecule has 0 atom stereocenters. The standard InChI is InChI=1S/C10H14BN3O2/c12-14-13-8-4-3-7-11-16-10-6-2-1-5-9(10)15/h1-2,5-6,11,15H,3-4,7-8H2. The molecule has 0 unspecified atom stereocenters. The van der Waals surface area contributed by atoms with E-state index < -0.39 is 0 Å². The third kappa shape index (κ3) is 4.62. The molecule has 5 nitrogen and oxygen atoms in total. The number of phenolic OH excluding ortho intramolecular Hbond substituents is 1. The zero-order chi connectivity index (χ0) is 11.6. The van der Waals surface area contributed by atoms with Crippen LogP contribution in [0.25, 0.3) is 10.4 Å². The predicted molar refractivity (Wildman–Crippen MR) is 63.9 cm³/mol. The summed E-state index contributed by atoms with van der Waals surface area (Å²) in [6.45, 7) is 0.535. The maximum atomic E-state index is 9.40. The fourth-order valence-corrected chi connectivity index (χ4v) is 1.27. The van der Waals surface area contributed by atoms with Gasteiger partial charge in [-0.15, -0.1) is 0 Å². The molecule has 1 aromatic rings. The second-order valence-electron chi connectivity index (χ2n) is 3.33. The highest BCUT2D eigenvalue weighted by Crippen LogP contribution is 2.24. The maximum absolute atomic E-state index is 9.40. The number of rotatable bonds is 7. The van der Waals surface area contributed by atoms with Crippen molar-refractivity contribution >= 4 is 7.48 Å². The number of phenols is 1. The number of benzene rings is 1. The fourth-order valence-electron chi connectivity index (χ4n) is 1.27. The summed E-state index contributed by atoms with van der Waals surface area (Å²) in [6, 6.07) is 6.89. The molecule has 0 fully saturated rings. The SMILES string of the molecule is [N-]=[N+]=NCCCCBOc1ccccc1O. The van der Waals surface area contributed by atoms with Gasteiger partial charge in [0.15, 0.2) is 5.75 Å². The maximum Gasteiger partial charge on any atom is 0.340 e. The molecule has 1 aromatic carbocycles. The lowest BCUT2D eigenvalue weighted by Gasteiger charge is -2.06. The van der Waals surface area contributed by atoms with Crippen LogP contribution in [0, 0.1) is 0 Å². The Balaban J connectivity index is 2.12. The average Bonchev–Trinajstić information content (AvgIpc) is 2.30. The molecule has 0 amide bonds. The van der Waals surface area contributed by atoms with E-state index in [4.69, 9.17) is 10.2 Å². The normalized spacial score (nSPS) is 9.25. The molecule has 16 heavy (non-hydrogen) atoms. The summed E-state index contributed by atoms with van der Waals surface area (Å²) in [7, 11) is 0.563. The molecule has 6 heteroatoms. The molecule has 0 saturated carbocycles. The molecule has 0 spiro atoms. The van der Waals surface area contributed by atoms with Gasteiger partial charge >= 0.3 is 7.48 Å². The number of hydrogen-bond donors (Lipinski definition) is 1. The Bertz CT molecular complexity index is 367. The lowest BCUT2D eigenvalue weighted by Crippen LogP contribution is -2.01. The van der Waals surface area contributed by atoms with Gasteiger partial charge in [-0.1, -0.05) is 23.7 Å². The number of azide groups is 1. The van der Waals surface area contributed by atoms with Crippen molar-refractivity contribution in [1.82, 2.24) is 0 Å². The Hall–Kier alpha value is -1.81. The van der Waals surface area contributed by atoms with E-state index in [2.05, 4.69) is 10.0 Å². The van der Waals surface area contributed by atoms with Crippen LogP contribution in [0.15, 0.2) is 29.4 Å². The van der Waals surface area contributed by atoms with Gasteiger partial charge in [0.2, 0.25) is 0 Å². The quantitative estimate of drug-likeness (QED) is 0.251. The Morgan fingerprint density at radius 3 is 2.94 bits per heavy atom. The number of nitrogens with zero attached hydrogens (tertiary/aromatic N) is 3. The van der Waals surface area contributed by atoms with Gasteiger partial charge in [0.05, 0.1) is 0 Å². The van der Waals surface area contributed by atoms with Crippen LogP contribution in [0.2, 0.25) is 6.32 Å². The highest BCUT2D eigenvalue weighted by molar-refractivity contribution is 6.28. The van der Waals surface area contributed by atoms with Crippen molar-refractivity contribution in [2.75, 3.05) is 6.54 Å². The average molecular weight is 219 g/mol. The molecule has 1 rings (SSSR count). The van der Waals surface area contributed by atoms with Crippen LogP contribution in [0.1, 0.15) is 12.8 Å². The monoisotopic (exact) mass is 219 g/mol. The number of para-hydroxylation sites is 2. The van der Waals surface area contributed by atoms with E-state index in [1.54, 1.807) is 18.2 Å². The highest BCUT2D eigenvalue weighted by Gasteiger charge is 2.00. The first-order valence-electron chi connectivity index (χ1n) is 5.26. The molecular formula is C10H14BN3O2. The lowest BCUT2D eigenvalue weighted by molar-refractivity contribution is 0.442. The molecule has 0 aliphatic carbocycles. The predicted octanol–water partition coefficient (Wildman–Crippen LogP) is 2.63. The van der Waals surface area contributed by atoms with E-state index in [0.29, 0.717) is 19.8 Å². The molecule has 0 aliphatic rings. The molecule has 0 bridgehead atoms. The summed E-state index contributed by atoms with van der Waals surface area (Å²) in [5.74, 6) is 0.675. The van der Waals surface area contributed by atoms with Gasteiger partial charge in [-0.2, -0.15) is 0 Å². The zero-order valence-electron chi connectivity index (χ0n) is 9.04. The van der Waals surface area contributed by atoms with Crippen LogP contribution in [-0.4, -0.2) is 19.1 Å². The third-order valence-corrected chi connectivity index (χ3v) is 2.09. The third-order valence-electron chi connectivity index (χ3n) is 2.09. The molecule has 0 radical (unpaired) electrons. The van der Waals surface area contributed by atoms with Crippen LogP contribution in [0.4, 0.5) is 0 Å². The number of aromatic hydroxyl groups is 1. The lowest BCUT2D eigenvalue weighted by atomic mass is 9.91. The van der Waals surface area contributed by atoms with E-state index >= 15 is 0 Å². The summed E-state index contributed by atoms with van der Waals surface area (Å²) in [6.07, 6.45) is 2.70. The van der Waals surface area contributed by atoms with Crippen LogP contribution < -0.4 is 4.65 Å². The van der Waals surface area contributed by atoms with Gasteiger partial charge in [-0.25, -0.2) is 0 Å². The summed E-state index contributed by atoms with van der Waals surface area (Å²) >= 11 is 0. The van der Waals surface area contributed by atoms with E-state index in [0.717, 1.165) is 19.2 Å². The van der Waals surface area contributed by atoms with Crippen molar-refractivity contribution in [3.63, 3.8) is 0 Å². The Morgan fingerprint density at radius 1 is 1.38 bits per heavy atom. The summed E-state index contributed by atoms with van der Waals surface area (Å²) in [5, 5.41) is 12.8. The number of unbranched alkanes of at least 4 members (excludes halogenated alkanes) is 1. The van der Waals surface area contributed by atoms with Gasteiger partial charge in [0.25, 0.3) is 0 Å². The highest BCUT2D eigenvalue weighted by atomic mass is 16.4. The first kappa shape index (κ1) is 12.3. The number of hydrogen-bond acceptors (Lipinski definition) is 3. The summed E-state index contributed by atoms with van der Waals surface area (Å²) in [5.41, 5.74) is 8.05. The van der Waals surface area contributed by atoms with E-state index in [9.17, 15) is 5.11 Å². The van der Waals surface area contributed by atoms with Gasteiger partial charge in [0.1, 0.15) is 5.75 Å². The van der Waals surface area contributed by atoms with Gasteiger partial charge in [-0.05, 0) is 30.4 Å². The Labute approximate surface area is 95.0 Å². The van der Waals surface area contributed by atoms with Crippen LogP contribution in [0.3, 0.4) is 0 Å². The van der Waals surface area contributed by atoms with E-state index in [-0.39, 0.29) is 5.75 Å².